The third-order valence-corrected chi connectivity index (χ3v) is 2.72. The number of furan rings is 1. The Kier molecular flexibility index (Phi) is 2.78. The molecule has 16 heavy (non-hydrogen) atoms. The summed E-state index contributed by atoms with van der Waals surface area (Å²) in [4.78, 5) is 4.32. The summed E-state index contributed by atoms with van der Waals surface area (Å²) in [6, 6.07) is 1.80. The largest absolute Gasteiger partial charge is 0.469 e. The standard InChI is InChI=1S/C11H15N3O2/c1-6(7(2)12)11-13-10(14-16-11)9-4-5-15-8(9)3/h4-7H,12H2,1-3H3. The molecule has 5 heteroatoms. The zero-order valence-electron chi connectivity index (χ0n) is 9.60. The number of hydrogen-bond acceptors (Lipinski definition) is 5. The van der Waals surface area contributed by atoms with E-state index < -0.39 is 0 Å². The van der Waals surface area contributed by atoms with Gasteiger partial charge < -0.3 is 14.7 Å². The molecule has 2 rings (SSSR count). The molecule has 2 aromatic heterocycles. The first kappa shape index (κ1) is 10.9. The smallest absolute Gasteiger partial charge is 0.231 e. The van der Waals surface area contributed by atoms with Crippen LogP contribution in [0, 0.1) is 6.92 Å². The van der Waals surface area contributed by atoms with Crippen molar-refractivity contribution in [1.29, 1.82) is 0 Å². The highest BCUT2D eigenvalue weighted by atomic mass is 16.5. The summed E-state index contributed by atoms with van der Waals surface area (Å²) < 4.78 is 10.4. The van der Waals surface area contributed by atoms with E-state index in [1.165, 1.54) is 0 Å². The number of aromatic nitrogens is 2. The van der Waals surface area contributed by atoms with Gasteiger partial charge in [0.2, 0.25) is 11.7 Å². The van der Waals surface area contributed by atoms with Gasteiger partial charge in [-0.1, -0.05) is 12.1 Å². The molecule has 2 N–H and O–H groups in total. The molecular formula is C11H15N3O2. The van der Waals surface area contributed by atoms with Crippen LogP contribution in [-0.4, -0.2) is 16.2 Å². The third kappa shape index (κ3) is 1.86. The van der Waals surface area contributed by atoms with Crippen LogP contribution in [0.25, 0.3) is 11.4 Å². The van der Waals surface area contributed by atoms with Crippen molar-refractivity contribution in [3.05, 3.63) is 24.0 Å². The highest BCUT2D eigenvalue weighted by Gasteiger charge is 2.19. The Balaban J connectivity index is 2.30. The van der Waals surface area contributed by atoms with Crippen molar-refractivity contribution in [3.8, 4) is 11.4 Å². The van der Waals surface area contributed by atoms with Crippen LogP contribution in [0.2, 0.25) is 0 Å². The Hall–Kier alpha value is -1.62. The second kappa shape index (κ2) is 4.09. The highest BCUT2D eigenvalue weighted by molar-refractivity contribution is 5.56. The molecule has 2 atom stereocenters. The minimum Gasteiger partial charge on any atom is -0.469 e. The molecule has 0 spiro atoms. The molecule has 0 saturated carbocycles. The van der Waals surface area contributed by atoms with Crippen LogP contribution in [0.3, 0.4) is 0 Å². The Morgan fingerprint density at radius 3 is 2.69 bits per heavy atom. The van der Waals surface area contributed by atoms with Gasteiger partial charge in [0.15, 0.2) is 0 Å². The molecule has 5 nitrogen and oxygen atoms in total. The molecule has 0 aliphatic rings. The minimum absolute atomic E-state index is 0.0150. The molecule has 0 aromatic carbocycles. The van der Waals surface area contributed by atoms with Crippen LogP contribution >= 0.6 is 0 Å². The van der Waals surface area contributed by atoms with Gasteiger partial charge in [-0.15, -0.1) is 0 Å². The summed E-state index contributed by atoms with van der Waals surface area (Å²) in [7, 11) is 0. The second-order valence-electron chi connectivity index (χ2n) is 3.99. The zero-order valence-corrected chi connectivity index (χ0v) is 9.60. The van der Waals surface area contributed by atoms with Gasteiger partial charge in [-0.25, -0.2) is 0 Å². The minimum atomic E-state index is -0.0150. The van der Waals surface area contributed by atoms with Gasteiger partial charge in [0.05, 0.1) is 17.7 Å². The molecule has 0 saturated heterocycles. The van der Waals surface area contributed by atoms with E-state index in [1.54, 1.807) is 6.26 Å². The maximum Gasteiger partial charge on any atom is 0.231 e. The quantitative estimate of drug-likeness (QED) is 0.858. The topological polar surface area (TPSA) is 78.1 Å². The first-order valence-electron chi connectivity index (χ1n) is 5.23. The number of rotatable bonds is 3. The van der Waals surface area contributed by atoms with Gasteiger partial charge in [-0.05, 0) is 19.9 Å². The van der Waals surface area contributed by atoms with E-state index in [0.717, 1.165) is 11.3 Å². The molecule has 0 amide bonds. The summed E-state index contributed by atoms with van der Waals surface area (Å²) in [6.45, 7) is 5.74. The van der Waals surface area contributed by atoms with Crippen LogP contribution in [0.1, 0.15) is 31.4 Å². The Labute approximate surface area is 93.6 Å². The van der Waals surface area contributed by atoms with E-state index in [2.05, 4.69) is 10.1 Å². The fraction of sp³-hybridized carbons (Fsp3) is 0.455. The van der Waals surface area contributed by atoms with Crippen molar-refractivity contribution >= 4 is 0 Å². The van der Waals surface area contributed by atoms with Crippen LogP contribution in [0.15, 0.2) is 21.3 Å². The number of aryl methyl sites for hydroxylation is 1. The number of nitrogens with two attached hydrogens (primary N) is 1. The van der Waals surface area contributed by atoms with E-state index in [0.29, 0.717) is 11.7 Å². The van der Waals surface area contributed by atoms with Crippen molar-refractivity contribution in [2.75, 3.05) is 0 Å². The monoisotopic (exact) mass is 221 g/mol. The van der Waals surface area contributed by atoms with E-state index in [-0.39, 0.29) is 12.0 Å². The van der Waals surface area contributed by atoms with Gasteiger partial charge in [-0.3, -0.25) is 0 Å². The van der Waals surface area contributed by atoms with Crippen molar-refractivity contribution in [3.63, 3.8) is 0 Å². The van der Waals surface area contributed by atoms with Gasteiger partial charge >= 0.3 is 0 Å². The van der Waals surface area contributed by atoms with E-state index in [9.17, 15) is 0 Å². The molecule has 2 heterocycles. The average Bonchev–Trinajstić information content (AvgIpc) is 2.84. The lowest BCUT2D eigenvalue weighted by Gasteiger charge is -2.09. The number of hydrogen-bond donors (Lipinski definition) is 1. The van der Waals surface area contributed by atoms with Gasteiger partial charge in [0.25, 0.3) is 0 Å². The first-order chi connectivity index (χ1) is 7.59. The lowest BCUT2D eigenvalue weighted by molar-refractivity contribution is 0.346. The predicted octanol–water partition coefficient (Wildman–Crippen LogP) is 2.09. The van der Waals surface area contributed by atoms with Gasteiger partial charge in [0.1, 0.15) is 5.76 Å². The average molecular weight is 221 g/mol. The molecule has 0 aliphatic carbocycles. The summed E-state index contributed by atoms with van der Waals surface area (Å²) in [5, 5.41) is 3.92. The molecule has 2 unspecified atom stereocenters. The summed E-state index contributed by atoms with van der Waals surface area (Å²) in [5.74, 6) is 1.94. The van der Waals surface area contributed by atoms with Crippen molar-refractivity contribution in [2.24, 2.45) is 5.73 Å². The summed E-state index contributed by atoms with van der Waals surface area (Å²) in [5.41, 5.74) is 6.63. The zero-order chi connectivity index (χ0) is 11.7. The lowest BCUT2D eigenvalue weighted by atomic mass is 10.1. The molecule has 0 fully saturated rings. The Morgan fingerprint density at radius 2 is 2.12 bits per heavy atom. The maximum atomic E-state index is 5.78. The highest BCUT2D eigenvalue weighted by Crippen LogP contribution is 2.24. The van der Waals surface area contributed by atoms with E-state index in [1.807, 2.05) is 26.8 Å². The molecule has 2 aromatic rings. The Morgan fingerprint density at radius 1 is 1.38 bits per heavy atom. The third-order valence-electron chi connectivity index (χ3n) is 2.72. The molecule has 0 radical (unpaired) electrons. The Bertz CT molecular complexity index is 473. The fourth-order valence-corrected chi connectivity index (χ4v) is 1.37. The van der Waals surface area contributed by atoms with Crippen molar-refractivity contribution in [2.45, 2.75) is 32.7 Å². The first-order valence-corrected chi connectivity index (χ1v) is 5.23. The van der Waals surface area contributed by atoms with Crippen molar-refractivity contribution < 1.29 is 8.94 Å². The van der Waals surface area contributed by atoms with Gasteiger partial charge in [-0.2, -0.15) is 4.98 Å². The van der Waals surface area contributed by atoms with Crippen LogP contribution < -0.4 is 5.73 Å². The van der Waals surface area contributed by atoms with Crippen molar-refractivity contribution in [1.82, 2.24) is 10.1 Å². The normalized spacial score (nSPS) is 15.0. The van der Waals surface area contributed by atoms with E-state index in [4.69, 9.17) is 14.7 Å². The van der Waals surface area contributed by atoms with E-state index >= 15 is 0 Å². The molecule has 86 valence electrons. The fourth-order valence-electron chi connectivity index (χ4n) is 1.37. The molecule has 0 aliphatic heterocycles. The molecular weight excluding hydrogens is 206 g/mol. The van der Waals surface area contributed by atoms with Crippen LogP contribution in [-0.2, 0) is 0 Å². The summed E-state index contributed by atoms with van der Waals surface area (Å²) in [6.07, 6.45) is 1.61. The summed E-state index contributed by atoms with van der Waals surface area (Å²) >= 11 is 0. The maximum absolute atomic E-state index is 5.78. The second-order valence-corrected chi connectivity index (χ2v) is 3.99. The van der Waals surface area contributed by atoms with Crippen LogP contribution in [0.4, 0.5) is 0 Å². The SMILES string of the molecule is Cc1occc1-c1noc(C(C)C(C)N)n1. The predicted molar refractivity (Wildman–Crippen MR) is 58.8 cm³/mol. The molecule has 0 bridgehead atoms. The number of nitrogens with zero attached hydrogens (tertiary/aromatic N) is 2. The van der Waals surface area contributed by atoms with Gasteiger partial charge in [0, 0.05) is 6.04 Å². The lowest BCUT2D eigenvalue weighted by Crippen LogP contribution is -2.22. The van der Waals surface area contributed by atoms with Crippen LogP contribution in [0.5, 0.6) is 0 Å².